The van der Waals surface area contributed by atoms with Crippen LogP contribution in [-0.2, 0) is 17.6 Å². The molecule has 3 heterocycles. The Morgan fingerprint density at radius 1 is 1.46 bits per heavy atom. The van der Waals surface area contributed by atoms with Crippen LogP contribution in [0.3, 0.4) is 0 Å². The zero-order valence-electron chi connectivity index (χ0n) is 15.1. The van der Waals surface area contributed by atoms with Gasteiger partial charge in [0, 0.05) is 4.88 Å². The van der Waals surface area contributed by atoms with Crippen LogP contribution in [0, 0.1) is 12.8 Å². The Bertz CT molecular complexity index is 1010. The number of ether oxygens (including phenoxy) is 1. The molecular weight excluding hydrogens is 350 g/mol. The highest BCUT2D eigenvalue weighted by atomic mass is 32.1. The number of rotatable bonds is 3. The molecule has 136 valence electrons. The van der Waals surface area contributed by atoms with Crippen molar-refractivity contribution in [3.63, 3.8) is 0 Å². The van der Waals surface area contributed by atoms with Crippen LogP contribution in [0.4, 0.5) is 5.82 Å². The molecule has 0 spiro atoms. The molecule has 0 aliphatic heterocycles. The molecule has 3 aromatic heterocycles. The third-order valence-corrected chi connectivity index (χ3v) is 5.90. The van der Waals surface area contributed by atoms with Gasteiger partial charge < -0.3 is 10.5 Å². The molecule has 0 radical (unpaired) electrons. The van der Waals surface area contributed by atoms with Gasteiger partial charge in [-0.1, -0.05) is 6.92 Å². The van der Waals surface area contributed by atoms with Gasteiger partial charge in [0.05, 0.1) is 18.2 Å². The van der Waals surface area contributed by atoms with Crippen LogP contribution in [0.5, 0.6) is 0 Å². The number of nitrogens with two attached hydrogens (primary N) is 1. The number of anilines is 1. The number of hydrogen-bond donors (Lipinski definition) is 1. The molecule has 0 fully saturated rings. The van der Waals surface area contributed by atoms with Crippen LogP contribution in [0.15, 0.2) is 6.20 Å². The van der Waals surface area contributed by atoms with Gasteiger partial charge in [0.25, 0.3) is 0 Å². The van der Waals surface area contributed by atoms with Gasteiger partial charge in [-0.05, 0) is 44.6 Å². The number of carbonyl (C=O) groups excluding carboxylic acids is 1. The zero-order valence-corrected chi connectivity index (χ0v) is 15.9. The largest absolute Gasteiger partial charge is 0.462 e. The molecule has 3 aromatic rings. The highest BCUT2D eigenvalue weighted by Crippen LogP contribution is 2.39. The highest BCUT2D eigenvalue weighted by molar-refractivity contribution is 7.18. The van der Waals surface area contributed by atoms with Gasteiger partial charge in [-0.15, -0.1) is 11.3 Å². The molecule has 1 atom stereocenters. The fourth-order valence-electron chi connectivity index (χ4n) is 3.47. The van der Waals surface area contributed by atoms with Crippen LogP contribution in [-0.4, -0.2) is 32.3 Å². The van der Waals surface area contributed by atoms with Crippen LogP contribution in [0.2, 0.25) is 0 Å². The van der Waals surface area contributed by atoms with Crippen molar-refractivity contribution in [2.75, 3.05) is 12.3 Å². The Hall–Kier alpha value is -2.48. The van der Waals surface area contributed by atoms with Crippen molar-refractivity contribution >= 4 is 33.3 Å². The average Bonchev–Trinajstić information content (AvgIpc) is 3.13. The predicted octanol–water partition coefficient (Wildman–Crippen LogP) is 3.07. The van der Waals surface area contributed by atoms with E-state index in [0.717, 1.165) is 29.5 Å². The average molecular weight is 371 g/mol. The molecule has 0 aromatic carbocycles. The second-order valence-electron chi connectivity index (χ2n) is 6.70. The van der Waals surface area contributed by atoms with E-state index in [-0.39, 0.29) is 18.0 Å². The lowest BCUT2D eigenvalue weighted by Gasteiger charge is -2.18. The summed E-state index contributed by atoms with van der Waals surface area (Å²) in [7, 11) is 0. The summed E-state index contributed by atoms with van der Waals surface area (Å²) in [5.74, 6) is 1.75. The van der Waals surface area contributed by atoms with Crippen LogP contribution < -0.4 is 5.73 Å². The van der Waals surface area contributed by atoms with E-state index in [9.17, 15) is 4.79 Å². The van der Waals surface area contributed by atoms with Crippen molar-refractivity contribution in [2.45, 2.75) is 40.0 Å². The normalized spacial score (nSPS) is 16.7. The molecule has 1 aliphatic carbocycles. The number of carbonyl (C=O) groups is 1. The molecule has 0 bridgehead atoms. The molecule has 0 saturated carbocycles. The minimum atomic E-state index is -0.473. The molecule has 2 N–H and O–H groups in total. The fraction of sp³-hybridized carbons (Fsp3) is 0.444. The second-order valence-corrected chi connectivity index (χ2v) is 7.79. The van der Waals surface area contributed by atoms with Crippen molar-refractivity contribution in [3.8, 4) is 5.82 Å². The molecule has 0 amide bonds. The summed E-state index contributed by atoms with van der Waals surface area (Å²) in [4.78, 5) is 23.6. The van der Waals surface area contributed by atoms with Gasteiger partial charge >= 0.3 is 5.97 Å². The standard InChI is InChI=1S/C18H21N5O2S/c1-4-25-18(24)12-8-20-23(15(12)19)16-14-11-6-5-9(2)7-13(11)26-17(14)22-10(3)21-16/h8-9H,4-7,19H2,1-3H3/t9-/m1/s1. The number of thiophene rings is 1. The molecule has 26 heavy (non-hydrogen) atoms. The number of hydrogen-bond acceptors (Lipinski definition) is 7. The third kappa shape index (κ3) is 2.65. The van der Waals surface area contributed by atoms with Crippen LogP contribution in [0.1, 0.15) is 46.9 Å². The van der Waals surface area contributed by atoms with E-state index in [4.69, 9.17) is 10.5 Å². The number of esters is 1. The number of nitrogen functional groups attached to an aromatic ring is 1. The molecule has 8 heteroatoms. The van der Waals surface area contributed by atoms with Gasteiger partial charge in [0.2, 0.25) is 0 Å². The maximum atomic E-state index is 12.1. The number of aromatic nitrogens is 4. The Balaban J connectivity index is 1.91. The molecule has 4 rings (SSSR count). The highest BCUT2D eigenvalue weighted by Gasteiger charge is 2.26. The first-order chi connectivity index (χ1) is 12.5. The summed E-state index contributed by atoms with van der Waals surface area (Å²) >= 11 is 1.73. The SMILES string of the molecule is CCOC(=O)c1cnn(-c2nc(C)nc3sc4c(c23)CC[C@@H](C)C4)c1N. The van der Waals surface area contributed by atoms with Crippen molar-refractivity contribution in [1.82, 2.24) is 19.7 Å². The first kappa shape index (κ1) is 17.0. The minimum Gasteiger partial charge on any atom is -0.462 e. The number of nitrogens with zero attached hydrogens (tertiary/aromatic N) is 4. The topological polar surface area (TPSA) is 95.9 Å². The maximum absolute atomic E-state index is 12.1. The van der Waals surface area contributed by atoms with Gasteiger partial charge in [0.15, 0.2) is 5.82 Å². The van der Waals surface area contributed by atoms with Crippen molar-refractivity contribution < 1.29 is 9.53 Å². The van der Waals surface area contributed by atoms with Crippen molar-refractivity contribution in [1.29, 1.82) is 0 Å². The van der Waals surface area contributed by atoms with Gasteiger partial charge in [0.1, 0.15) is 22.0 Å². The zero-order chi connectivity index (χ0) is 18.4. The number of fused-ring (bicyclic) bond motifs is 3. The van der Waals surface area contributed by atoms with Crippen molar-refractivity contribution in [3.05, 3.63) is 28.0 Å². The van der Waals surface area contributed by atoms with E-state index in [0.29, 0.717) is 17.6 Å². The van der Waals surface area contributed by atoms with Gasteiger partial charge in [-0.2, -0.15) is 9.78 Å². The van der Waals surface area contributed by atoms with Gasteiger partial charge in [-0.25, -0.2) is 14.8 Å². The quantitative estimate of drug-likeness (QED) is 0.711. The minimum absolute atomic E-state index is 0.243. The van der Waals surface area contributed by atoms with E-state index in [1.807, 2.05) is 6.92 Å². The Morgan fingerprint density at radius 3 is 3.04 bits per heavy atom. The molecule has 1 aliphatic rings. The first-order valence-corrected chi connectivity index (χ1v) is 9.61. The molecule has 0 saturated heterocycles. The molecule has 0 unspecified atom stereocenters. The summed E-state index contributed by atoms with van der Waals surface area (Å²) in [6.07, 6.45) is 4.66. The summed E-state index contributed by atoms with van der Waals surface area (Å²) in [5.41, 5.74) is 7.77. The van der Waals surface area contributed by atoms with E-state index in [1.54, 1.807) is 18.3 Å². The summed E-state index contributed by atoms with van der Waals surface area (Å²) < 4.78 is 6.59. The van der Waals surface area contributed by atoms with E-state index in [1.165, 1.54) is 21.3 Å². The van der Waals surface area contributed by atoms with Crippen molar-refractivity contribution in [2.24, 2.45) is 5.92 Å². The Labute approximate surface area is 155 Å². The monoisotopic (exact) mass is 371 g/mol. The molecular formula is C18H21N5O2S. The Morgan fingerprint density at radius 2 is 2.27 bits per heavy atom. The maximum Gasteiger partial charge on any atom is 0.343 e. The van der Waals surface area contributed by atoms with Crippen LogP contribution in [0.25, 0.3) is 16.0 Å². The van der Waals surface area contributed by atoms with E-state index >= 15 is 0 Å². The summed E-state index contributed by atoms with van der Waals surface area (Å²) in [5, 5.41) is 5.34. The smallest absolute Gasteiger partial charge is 0.343 e. The first-order valence-electron chi connectivity index (χ1n) is 8.79. The number of aryl methyl sites for hydroxylation is 2. The summed E-state index contributed by atoms with van der Waals surface area (Å²) in [6.45, 7) is 6.18. The molecule has 7 nitrogen and oxygen atoms in total. The lowest BCUT2D eigenvalue weighted by Crippen LogP contribution is -2.12. The third-order valence-electron chi connectivity index (χ3n) is 4.75. The van der Waals surface area contributed by atoms with Crippen LogP contribution >= 0.6 is 11.3 Å². The fourth-order valence-corrected chi connectivity index (χ4v) is 4.90. The van der Waals surface area contributed by atoms with E-state index < -0.39 is 5.97 Å². The van der Waals surface area contributed by atoms with Gasteiger partial charge in [-0.3, -0.25) is 0 Å². The Kier molecular flexibility index (Phi) is 4.14. The second kappa shape index (κ2) is 6.35. The lowest BCUT2D eigenvalue weighted by atomic mass is 9.89. The summed E-state index contributed by atoms with van der Waals surface area (Å²) in [6, 6.07) is 0. The predicted molar refractivity (Wildman–Crippen MR) is 101 cm³/mol. The lowest BCUT2D eigenvalue weighted by molar-refractivity contribution is 0.0527. The van der Waals surface area contributed by atoms with E-state index in [2.05, 4.69) is 22.0 Å².